The van der Waals surface area contributed by atoms with Crippen molar-refractivity contribution in [2.24, 2.45) is 0 Å². The fourth-order valence-corrected chi connectivity index (χ4v) is 3.36. The van der Waals surface area contributed by atoms with Crippen molar-refractivity contribution in [3.63, 3.8) is 0 Å². The molecule has 0 radical (unpaired) electrons. The standard InChI is InChI=1S/C20H26N2O5/c1-3-27-16-7-5-15(6-8-16)17-18(21-10-13-26-14-11-21)20(24)22(19(17)23)9-4-12-25-2/h5-8H,3-4,9-14H2,1-2H3. The quantitative estimate of drug-likeness (QED) is 0.508. The molecule has 0 saturated carbocycles. The fraction of sp³-hybridized carbons (Fsp3) is 0.500. The second-order valence-corrected chi connectivity index (χ2v) is 6.39. The van der Waals surface area contributed by atoms with Crippen molar-refractivity contribution < 1.29 is 23.8 Å². The molecule has 2 aliphatic heterocycles. The third-order valence-electron chi connectivity index (χ3n) is 4.66. The molecule has 27 heavy (non-hydrogen) atoms. The van der Waals surface area contributed by atoms with E-state index < -0.39 is 0 Å². The lowest BCUT2D eigenvalue weighted by atomic mass is 10.0. The number of carbonyl (C=O) groups excluding carboxylic acids is 2. The Labute approximate surface area is 159 Å². The molecule has 1 saturated heterocycles. The van der Waals surface area contributed by atoms with Crippen LogP contribution in [0.2, 0.25) is 0 Å². The highest BCUT2D eigenvalue weighted by Gasteiger charge is 2.41. The van der Waals surface area contributed by atoms with Crippen LogP contribution in [0.15, 0.2) is 30.0 Å². The van der Waals surface area contributed by atoms with Crippen LogP contribution < -0.4 is 4.74 Å². The molecule has 0 aromatic heterocycles. The monoisotopic (exact) mass is 374 g/mol. The van der Waals surface area contributed by atoms with E-state index in [1.54, 1.807) is 7.11 Å². The molecule has 1 fully saturated rings. The second kappa shape index (κ2) is 9.01. The van der Waals surface area contributed by atoms with Crippen LogP contribution in [0.3, 0.4) is 0 Å². The summed E-state index contributed by atoms with van der Waals surface area (Å²) in [6, 6.07) is 7.33. The Bertz CT molecular complexity index is 708. The van der Waals surface area contributed by atoms with E-state index in [0.717, 1.165) is 11.3 Å². The third kappa shape index (κ3) is 4.14. The third-order valence-corrected chi connectivity index (χ3v) is 4.66. The van der Waals surface area contributed by atoms with Gasteiger partial charge < -0.3 is 19.1 Å². The smallest absolute Gasteiger partial charge is 0.277 e. The van der Waals surface area contributed by atoms with Crippen LogP contribution in [0.25, 0.3) is 5.57 Å². The Morgan fingerprint density at radius 3 is 2.41 bits per heavy atom. The highest BCUT2D eigenvalue weighted by Crippen LogP contribution is 2.33. The average molecular weight is 374 g/mol. The Balaban J connectivity index is 1.93. The molecular formula is C20H26N2O5. The van der Waals surface area contributed by atoms with Crippen molar-refractivity contribution in [2.45, 2.75) is 13.3 Å². The number of benzene rings is 1. The Hall–Kier alpha value is -2.38. The molecule has 0 unspecified atom stereocenters. The van der Waals surface area contributed by atoms with E-state index in [-0.39, 0.29) is 11.8 Å². The number of nitrogens with zero attached hydrogens (tertiary/aromatic N) is 2. The molecule has 2 aliphatic rings. The molecule has 0 spiro atoms. The van der Waals surface area contributed by atoms with E-state index in [9.17, 15) is 9.59 Å². The number of imide groups is 1. The molecular weight excluding hydrogens is 348 g/mol. The highest BCUT2D eigenvalue weighted by molar-refractivity contribution is 6.35. The van der Waals surface area contributed by atoms with Crippen LogP contribution in [0.4, 0.5) is 0 Å². The first-order valence-corrected chi connectivity index (χ1v) is 9.32. The van der Waals surface area contributed by atoms with Crippen molar-refractivity contribution in [1.29, 1.82) is 0 Å². The predicted molar refractivity (Wildman–Crippen MR) is 100 cm³/mol. The van der Waals surface area contributed by atoms with Crippen LogP contribution in [-0.4, -0.2) is 74.8 Å². The van der Waals surface area contributed by atoms with E-state index in [0.29, 0.717) is 63.8 Å². The Kier molecular flexibility index (Phi) is 6.47. The minimum Gasteiger partial charge on any atom is -0.494 e. The maximum atomic E-state index is 13.1. The van der Waals surface area contributed by atoms with Gasteiger partial charge in [-0.2, -0.15) is 0 Å². The highest BCUT2D eigenvalue weighted by atomic mass is 16.5. The summed E-state index contributed by atoms with van der Waals surface area (Å²) in [6.07, 6.45) is 0.612. The van der Waals surface area contributed by atoms with Crippen LogP contribution >= 0.6 is 0 Å². The molecule has 3 rings (SSSR count). The van der Waals surface area contributed by atoms with Gasteiger partial charge in [-0.3, -0.25) is 14.5 Å². The van der Waals surface area contributed by atoms with Crippen molar-refractivity contribution in [2.75, 3.05) is 53.2 Å². The summed E-state index contributed by atoms with van der Waals surface area (Å²) in [5.74, 6) is 0.257. The molecule has 146 valence electrons. The van der Waals surface area contributed by atoms with Gasteiger partial charge in [0, 0.05) is 33.4 Å². The van der Waals surface area contributed by atoms with Gasteiger partial charge in [0.05, 0.1) is 25.4 Å². The first-order chi connectivity index (χ1) is 13.2. The number of rotatable bonds is 8. The molecule has 0 atom stereocenters. The minimum atomic E-state index is -0.248. The summed E-state index contributed by atoms with van der Waals surface area (Å²) in [6.45, 7) is 5.63. The van der Waals surface area contributed by atoms with E-state index in [2.05, 4.69) is 0 Å². The van der Waals surface area contributed by atoms with E-state index >= 15 is 0 Å². The normalized spacial score (nSPS) is 17.9. The van der Waals surface area contributed by atoms with E-state index in [1.165, 1.54) is 4.90 Å². The van der Waals surface area contributed by atoms with Gasteiger partial charge in [-0.05, 0) is 31.0 Å². The number of hydrogen-bond donors (Lipinski definition) is 0. The topological polar surface area (TPSA) is 68.3 Å². The first kappa shape index (κ1) is 19.4. The summed E-state index contributed by atoms with van der Waals surface area (Å²) >= 11 is 0. The van der Waals surface area contributed by atoms with Gasteiger partial charge >= 0.3 is 0 Å². The van der Waals surface area contributed by atoms with Crippen molar-refractivity contribution >= 4 is 17.4 Å². The zero-order valence-corrected chi connectivity index (χ0v) is 15.9. The minimum absolute atomic E-state index is 0.234. The lowest BCUT2D eigenvalue weighted by Crippen LogP contribution is -2.40. The van der Waals surface area contributed by atoms with Crippen LogP contribution in [0.5, 0.6) is 5.75 Å². The number of methoxy groups -OCH3 is 1. The number of amides is 2. The fourth-order valence-electron chi connectivity index (χ4n) is 3.36. The maximum absolute atomic E-state index is 13.1. The van der Waals surface area contributed by atoms with Crippen LogP contribution in [0, 0.1) is 0 Å². The molecule has 0 aliphatic carbocycles. The molecule has 0 bridgehead atoms. The van der Waals surface area contributed by atoms with E-state index in [1.807, 2.05) is 36.1 Å². The number of carbonyl (C=O) groups is 2. The Morgan fingerprint density at radius 1 is 1.07 bits per heavy atom. The van der Waals surface area contributed by atoms with Crippen molar-refractivity contribution in [3.05, 3.63) is 35.5 Å². The van der Waals surface area contributed by atoms with Gasteiger partial charge in [-0.15, -0.1) is 0 Å². The second-order valence-electron chi connectivity index (χ2n) is 6.39. The van der Waals surface area contributed by atoms with Crippen LogP contribution in [-0.2, 0) is 19.1 Å². The Morgan fingerprint density at radius 2 is 1.78 bits per heavy atom. The number of ether oxygens (including phenoxy) is 3. The predicted octanol–water partition coefficient (Wildman–Crippen LogP) is 1.53. The van der Waals surface area contributed by atoms with Gasteiger partial charge in [0.25, 0.3) is 11.8 Å². The molecule has 1 aromatic rings. The lowest BCUT2D eigenvalue weighted by Gasteiger charge is -2.29. The van der Waals surface area contributed by atoms with Gasteiger partial charge in [0.1, 0.15) is 11.4 Å². The van der Waals surface area contributed by atoms with Gasteiger partial charge in [0.15, 0.2) is 0 Å². The maximum Gasteiger partial charge on any atom is 0.277 e. The van der Waals surface area contributed by atoms with Crippen molar-refractivity contribution in [3.8, 4) is 5.75 Å². The summed E-state index contributed by atoms with van der Waals surface area (Å²) in [5, 5.41) is 0. The molecule has 0 N–H and O–H groups in total. The summed E-state index contributed by atoms with van der Waals surface area (Å²) in [7, 11) is 1.61. The van der Waals surface area contributed by atoms with Gasteiger partial charge in [-0.1, -0.05) is 12.1 Å². The van der Waals surface area contributed by atoms with Gasteiger partial charge in [-0.25, -0.2) is 0 Å². The molecule has 7 nitrogen and oxygen atoms in total. The summed E-state index contributed by atoms with van der Waals surface area (Å²) in [5.41, 5.74) is 1.67. The number of hydrogen-bond acceptors (Lipinski definition) is 6. The number of morpholine rings is 1. The summed E-state index contributed by atoms with van der Waals surface area (Å²) < 4.78 is 15.9. The van der Waals surface area contributed by atoms with Gasteiger partial charge in [0.2, 0.25) is 0 Å². The molecule has 7 heteroatoms. The first-order valence-electron chi connectivity index (χ1n) is 9.32. The zero-order valence-electron chi connectivity index (χ0n) is 15.9. The largest absolute Gasteiger partial charge is 0.494 e. The molecule has 2 heterocycles. The lowest BCUT2D eigenvalue weighted by molar-refractivity contribution is -0.138. The molecule has 1 aromatic carbocycles. The van der Waals surface area contributed by atoms with Crippen molar-refractivity contribution in [1.82, 2.24) is 9.80 Å². The van der Waals surface area contributed by atoms with Crippen LogP contribution in [0.1, 0.15) is 18.9 Å². The average Bonchev–Trinajstić information content (AvgIpc) is 2.94. The molecule has 2 amide bonds. The zero-order chi connectivity index (χ0) is 19.2. The SMILES string of the molecule is CCOc1ccc(C2=C(N3CCOCC3)C(=O)N(CCCOC)C2=O)cc1. The van der Waals surface area contributed by atoms with E-state index in [4.69, 9.17) is 14.2 Å². The summed E-state index contributed by atoms with van der Waals surface area (Å²) in [4.78, 5) is 29.4.